The van der Waals surface area contributed by atoms with Crippen molar-refractivity contribution < 1.29 is 4.74 Å². The third-order valence-electron chi connectivity index (χ3n) is 2.75. The highest BCUT2D eigenvalue weighted by Crippen LogP contribution is 2.16. The summed E-state index contributed by atoms with van der Waals surface area (Å²) in [5.41, 5.74) is 1.98. The van der Waals surface area contributed by atoms with Crippen LogP contribution in [-0.4, -0.2) is 14.5 Å². The zero-order chi connectivity index (χ0) is 14.9. The molecule has 0 amide bonds. The number of ether oxygens (including phenoxy) is 1. The second kappa shape index (κ2) is 7.85. The van der Waals surface area contributed by atoms with Gasteiger partial charge in [-0.05, 0) is 36.4 Å². The lowest BCUT2D eigenvalue weighted by molar-refractivity contribution is 0.301. The maximum atomic E-state index is 5.68. The van der Waals surface area contributed by atoms with E-state index in [1.54, 1.807) is 18.7 Å². The van der Waals surface area contributed by atoms with Gasteiger partial charge in [-0.25, -0.2) is 4.98 Å². The molecule has 3 rings (SSSR count). The maximum absolute atomic E-state index is 5.68. The Labute approximate surface area is 125 Å². The van der Waals surface area contributed by atoms with Gasteiger partial charge in [0.15, 0.2) is 0 Å². The van der Waals surface area contributed by atoms with E-state index in [0.717, 1.165) is 17.1 Å². The van der Waals surface area contributed by atoms with Crippen molar-refractivity contribution in [3.05, 3.63) is 73.1 Å². The summed E-state index contributed by atoms with van der Waals surface area (Å²) in [7, 11) is 0. The highest BCUT2D eigenvalue weighted by molar-refractivity contribution is 5.37. The molecule has 0 atom stereocenters. The van der Waals surface area contributed by atoms with E-state index >= 15 is 0 Å². The van der Waals surface area contributed by atoms with E-state index < -0.39 is 0 Å². The van der Waals surface area contributed by atoms with Gasteiger partial charge in [0.05, 0.1) is 12.0 Å². The number of imidazole rings is 1. The van der Waals surface area contributed by atoms with E-state index in [1.165, 1.54) is 0 Å². The largest absolute Gasteiger partial charge is 0.487 e. The monoisotopic (exact) mass is 281 g/mol. The second-order valence-electron chi connectivity index (χ2n) is 4.07. The van der Waals surface area contributed by atoms with Crippen LogP contribution in [-0.2, 0) is 6.61 Å². The average Bonchev–Trinajstić information content (AvgIpc) is 3.11. The van der Waals surface area contributed by atoms with Crippen molar-refractivity contribution in [3.63, 3.8) is 0 Å². The summed E-state index contributed by atoms with van der Waals surface area (Å²) in [5.74, 6) is 0.828. The Morgan fingerprint density at radius 3 is 2.43 bits per heavy atom. The number of benzene rings is 1. The minimum Gasteiger partial charge on any atom is -0.487 e. The fourth-order valence-electron chi connectivity index (χ4n) is 1.77. The molecule has 0 aliphatic heterocycles. The quantitative estimate of drug-likeness (QED) is 0.728. The van der Waals surface area contributed by atoms with Crippen LogP contribution in [0.2, 0.25) is 0 Å². The first-order valence-electron chi connectivity index (χ1n) is 7.03. The number of nitrogens with zero attached hydrogens (tertiary/aromatic N) is 3. The van der Waals surface area contributed by atoms with E-state index in [2.05, 4.69) is 9.97 Å². The van der Waals surface area contributed by atoms with Gasteiger partial charge in [-0.15, -0.1) is 0 Å². The van der Waals surface area contributed by atoms with Gasteiger partial charge in [0.1, 0.15) is 12.4 Å². The first kappa shape index (κ1) is 14.8. The van der Waals surface area contributed by atoms with Gasteiger partial charge in [-0.1, -0.05) is 19.9 Å². The highest BCUT2D eigenvalue weighted by Gasteiger charge is 1.98. The minimum absolute atomic E-state index is 0.477. The van der Waals surface area contributed by atoms with Gasteiger partial charge in [0, 0.05) is 24.3 Å². The predicted octanol–water partition coefficient (Wildman–Crippen LogP) is 3.87. The SMILES string of the molecule is CC.c1ccc(COc2ccc(-n3ccnc3)cc2)nc1. The Balaban J connectivity index is 0.000000774. The molecule has 0 radical (unpaired) electrons. The predicted molar refractivity (Wildman–Crippen MR) is 83.5 cm³/mol. The standard InChI is InChI=1S/C15H13N3O.C2H6/c1-2-8-17-13(3-1)11-19-15-6-4-14(5-7-15)18-10-9-16-12-18;1-2/h1-10,12H,11H2;1-2H3. The van der Waals surface area contributed by atoms with Crippen LogP contribution in [0, 0.1) is 0 Å². The highest BCUT2D eigenvalue weighted by atomic mass is 16.5. The third kappa shape index (κ3) is 4.18. The lowest BCUT2D eigenvalue weighted by Gasteiger charge is -2.07. The molecule has 2 aromatic heterocycles. The molecule has 0 bridgehead atoms. The molecular weight excluding hydrogens is 262 g/mol. The Hall–Kier alpha value is -2.62. The van der Waals surface area contributed by atoms with Crippen LogP contribution in [0.15, 0.2) is 67.4 Å². The van der Waals surface area contributed by atoms with Crippen LogP contribution in [0.4, 0.5) is 0 Å². The smallest absolute Gasteiger partial charge is 0.130 e. The lowest BCUT2D eigenvalue weighted by Crippen LogP contribution is -1.97. The number of hydrogen-bond donors (Lipinski definition) is 0. The lowest BCUT2D eigenvalue weighted by atomic mass is 10.3. The fraction of sp³-hybridized carbons (Fsp3) is 0.176. The topological polar surface area (TPSA) is 39.9 Å². The summed E-state index contributed by atoms with van der Waals surface area (Å²) in [6, 6.07) is 13.7. The van der Waals surface area contributed by atoms with Gasteiger partial charge < -0.3 is 9.30 Å². The molecule has 4 heteroatoms. The Kier molecular flexibility index (Phi) is 5.52. The van der Waals surface area contributed by atoms with Gasteiger partial charge >= 0.3 is 0 Å². The molecule has 108 valence electrons. The van der Waals surface area contributed by atoms with Gasteiger partial charge in [-0.2, -0.15) is 0 Å². The summed E-state index contributed by atoms with van der Waals surface area (Å²) in [6.07, 6.45) is 7.19. The van der Waals surface area contributed by atoms with Crippen molar-refractivity contribution in [2.75, 3.05) is 0 Å². The van der Waals surface area contributed by atoms with Crippen molar-refractivity contribution in [1.82, 2.24) is 14.5 Å². The van der Waals surface area contributed by atoms with E-state index in [4.69, 9.17) is 4.74 Å². The number of rotatable bonds is 4. The summed E-state index contributed by atoms with van der Waals surface area (Å²) in [6.45, 7) is 4.48. The number of pyridine rings is 1. The van der Waals surface area contributed by atoms with Gasteiger partial charge in [-0.3, -0.25) is 4.98 Å². The normalized spacial score (nSPS) is 9.62. The first-order valence-corrected chi connectivity index (χ1v) is 7.03. The molecule has 4 nitrogen and oxygen atoms in total. The molecule has 3 aromatic rings. The van der Waals surface area contributed by atoms with E-state index in [9.17, 15) is 0 Å². The molecular formula is C17H19N3O. The summed E-state index contributed by atoms with van der Waals surface area (Å²) in [4.78, 5) is 8.24. The van der Waals surface area contributed by atoms with E-state index in [-0.39, 0.29) is 0 Å². The fourth-order valence-corrected chi connectivity index (χ4v) is 1.77. The molecule has 0 unspecified atom stereocenters. The van der Waals surface area contributed by atoms with Crippen molar-refractivity contribution in [2.45, 2.75) is 20.5 Å². The van der Waals surface area contributed by atoms with Crippen molar-refractivity contribution >= 4 is 0 Å². The summed E-state index contributed by atoms with van der Waals surface area (Å²) >= 11 is 0. The molecule has 0 aliphatic rings. The number of hydrogen-bond acceptors (Lipinski definition) is 3. The van der Waals surface area contributed by atoms with Crippen LogP contribution in [0.1, 0.15) is 19.5 Å². The third-order valence-corrected chi connectivity index (χ3v) is 2.75. The molecule has 21 heavy (non-hydrogen) atoms. The van der Waals surface area contributed by atoms with Crippen molar-refractivity contribution in [3.8, 4) is 11.4 Å². The summed E-state index contributed by atoms with van der Waals surface area (Å²) in [5, 5.41) is 0. The first-order chi connectivity index (χ1) is 10.4. The van der Waals surface area contributed by atoms with Crippen LogP contribution in [0.3, 0.4) is 0 Å². The van der Waals surface area contributed by atoms with Gasteiger partial charge in [0.2, 0.25) is 0 Å². The van der Waals surface area contributed by atoms with Gasteiger partial charge in [0.25, 0.3) is 0 Å². The van der Waals surface area contributed by atoms with Crippen LogP contribution >= 0.6 is 0 Å². The molecule has 0 spiro atoms. The maximum Gasteiger partial charge on any atom is 0.130 e. The van der Waals surface area contributed by atoms with Crippen LogP contribution in [0.5, 0.6) is 5.75 Å². The zero-order valence-electron chi connectivity index (χ0n) is 12.3. The average molecular weight is 281 g/mol. The molecule has 0 saturated carbocycles. The van der Waals surface area contributed by atoms with Crippen molar-refractivity contribution in [2.24, 2.45) is 0 Å². The minimum atomic E-state index is 0.477. The second-order valence-corrected chi connectivity index (χ2v) is 4.07. The molecule has 0 fully saturated rings. The molecule has 1 aromatic carbocycles. The Morgan fingerprint density at radius 1 is 1.00 bits per heavy atom. The number of aromatic nitrogens is 3. The molecule has 0 aliphatic carbocycles. The Morgan fingerprint density at radius 2 is 1.81 bits per heavy atom. The zero-order valence-corrected chi connectivity index (χ0v) is 12.3. The molecule has 2 heterocycles. The van der Waals surface area contributed by atoms with E-state index in [0.29, 0.717) is 6.61 Å². The van der Waals surface area contributed by atoms with E-state index in [1.807, 2.05) is 67.1 Å². The van der Waals surface area contributed by atoms with Crippen LogP contribution < -0.4 is 4.74 Å². The molecule has 0 N–H and O–H groups in total. The molecule has 0 saturated heterocycles. The van der Waals surface area contributed by atoms with Crippen molar-refractivity contribution in [1.29, 1.82) is 0 Å². The van der Waals surface area contributed by atoms with Crippen LogP contribution in [0.25, 0.3) is 5.69 Å². The Bertz CT molecular complexity index is 619. The summed E-state index contributed by atoms with van der Waals surface area (Å²) < 4.78 is 7.62.